The summed E-state index contributed by atoms with van der Waals surface area (Å²) in [4.78, 5) is 4.01. The highest BCUT2D eigenvalue weighted by molar-refractivity contribution is 5.12. The largest absolute Gasteiger partial charge is 0.376 e. The highest BCUT2D eigenvalue weighted by Crippen LogP contribution is 2.11. The molecule has 2 atom stereocenters. The van der Waals surface area contributed by atoms with Crippen LogP contribution in [0.25, 0.3) is 0 Å². The monoisotopic (exact) mass is 222 g/mol. The quantitative estimate of drug-likeness (QED) is 0.811. The maximum atomic E-state index is 5.70. The molecule has 0 bridgehead atoms. The van der Waals surface area contributed by atoms with Crippen LogP contribution >= 0.6 is 0 Å². The van der Waals surface area contributed by atoms with Crippen molar-refractivity contribution >= 4 is 0 Å². The van der Waals surface area contributed by atoms with Crippen LogP contribution < -0.4 is 5.32 Å². The molecule has 0 spiro atoms. The number of nitrogens with one attached hydrogen (secondary N) is 1. The first-order valence-corrected chi connectivity index (χ1v) is 5.65. The van der Waals surface area contributed by atoms with Gasteiger partial charge in [0.2, 0.25) is 0 Å². The van der Waals surface area contributed by atoms with Crippen LogP contribution in [0.2, 0.25) is 0 Å². The lowest BCUT2D eigenvalue weighted by atomic mass is 10.0. The summed E-state index contributed by atoms with van der Waals surface area (Å²) in [5.74, 6) is 0. The van der Waals surface area contributed by atoms with Crippen molar-refractivity contribution in [3.05, 3.63) is 30.1 Å². The van der Waals surface area contributed by atoms with E-state index in [2.05, 4.69) is 10.3 Å². The summed E-state index contributed by atoms with van der Waals surface area (Å²) < 4.78 is 11.1. The molecule has 2 rings (SSSR count). The number of hydrogen-bond acceptors (Lipinski definition) is 4. The Hall–Kier alpha value is -0.970. The topological polar surface area (TPSA) is 43.4 Å². The van der Waals surface area contributed by atoms with Crippen molar-refractivity contribution in [3.63, 3.8) is 0 Å². The molecule has 1 aliphatic rings. The van der Waals surface area contributed by atoms with Crippen LogP contribution in [0.3, 0.4) is 0 Å². The van der Waals surface area contributed by atoms with Crippen LogP contribution in [0.5, 0.6) is 0 Å². The molecule has 0 aliphatic carbocycles. The first kappa shape index (κ1) is 11.5. The molecule has 88 valence electrons. The molecule has 1 saturated heterocycles. The maximum absolute atomic E-state index is 5.70. The van der Waals surface area contributed by atoms with Gasteiger partial charge in [-0.25, -0.2) is 0 Å². The summed E-state index contributed by atoms with van der Waals surface area (Å²) in [6.45, 7) is 2.08. The molecule has 1 fully saturated rings. The molecule has 1 N–H and O–H groups in total. The molecule has 16 heavy (non-hydrogen) atoms. The van der Waals surface area contributed by atoms with Crippen LogP contribution in [0.1, 0.15) is 5.56 Å². The first-order valence-electron chi connectivity index (χ1n) is 5.65. The minimum absolute atomic E-state index is 0.145. The standard InChI is InChI=1S/C12H18N2O2/c1-13-11(12-9-15-6-7-16-12)8-10-2-4-14-5-3-10/h2-5,11-13H,6-9H2,1H3. The zero-order valence-electron chi connectivity index (χ0n) is 9.56. The van der Waals surface area contributed by atoms with E-state index in [0.717, 1.165) is 6.42 Å². The van der Waals surface area contributed by atoms with Crippen LogP contribution in [0, 0.1) is 0 Å². The van der Waals surface area contributed by atoms with Gasteiger partial charge in [0.15, 0.2) is 0 Å². The van der Waals surface area contributed by atoms with Gasteiger partial charge in [-0.3, -0.25) is 4.98 Å². The van der Waals surface area contributed by atoms with Gasteiger partial charge in [0.25, 0.3) is 0 Å². The molecular weight excluding hydrogens is 204 g/mol. The Morgan fingerprint density at radius 2 is 2.25 bits per heavy atom. The van der Waals surface area contributed by atoms with Crippen LogP contribution in [0.4, 0.5) is 0 Å². The van der Waals surface area contributed by atoms with Gasteiger partial charge in [0, 0.05) is 18.4 Å². The Balaban J connectivity index is 1.94. The smallest absolute Gasteiger partial charge is 0.0965 e. The van der Waals surface area contributed by atoms with E-state index in [1.807, 2.05) is 31.6 Å². The van der Waals surface area contributed by atoms with E-state index >= 15 is 0 Å². The van der Waals surface area contributed by atoms with E-state index in [1.165, 1.54) is 5.56 Å². The molecule has 1 aromatic heterocycles. The van der Waals surface area contributed by atoms with E-state index in [0.29, 0.717) is 25.9 Å². The Morgan fingerprint density at radius 3 is 2.88 bits per heavy atom. The predicted octanol–water partition coefficient (Wildman–Crippen LogP) is 0.627. The number of pyridine rings is 1. The number of aromatic nitrogens is 1. The molecule has 1 aliphatic heterocycles. The van der Waals surface area contributed by atoms with Crippen molar-refractivity contribution in [2.45, 2.75) is 18.6 Å². The average Bonchev–Trinajstić information content (AvgIpc) is 2.38. The fourth-order valence-corrected chi connectivity index (χ4v) is 1.93. The Morgan fingerprint density at radius 1 is 1.44 bits per heavy atom. The van der Waals surface area contributed by atoms with Crippen LogP contribution in [0.15, 0.2) is 24.5 Å². The second-order valence-electron chi connectivity index (χ2n) is 3.94. The van der Waals surface area contributed by atoms with Gasteiger partial charge >= 0.3 is 0 Å². The van der Waals surface area contributed by atoms with Gasteiger partial charge in [0.1, 0.15) is 0 Å². The van der Waals surface area contributed by atoms with E-state index in [-0.39, 0.29) is 6.10 Å². The molecule has 2 unspecified atom stereocenters. The summed E-state index contributed by atoms with van der Waals surface area (Å²) in [5.41, 5.74) is 1.27. The highest BCUT2D eigenvalue weighted by Gasteiger charge is 2.23. The predicted molar refractivity (Wildman–Crippen MR) is 61.3 cm³/mol. The summed E-state index contributed by atoms with van der Waals surface area (Å²) in [6, 6.07) is 4.37. The second kappa shape index (κ2) is 5.94. The Kier molecular flexibility index (Phi) is 4.27. The zero-order valence-corrected chi connectivity index (χ0v) is 9.56. The molecule has 0 saturated carbocycles. The SMILES string of the molecule is CNC(Cc1ccncc1)C1COCCO1. The fraction of sp³-hybridized carbons (Fsp3) is 0.583. The van der Waals surface area contributed by atoms with E-state index < -0.39 is 0 Å². The normalized spacial score (nSPS) is 22.9. The van der Waals surface area contributed by atoms with Crippen molar-refractivity contribution in [2.24, 2.45) is 0 Å². The third kappa shape index (κ3) is 3.01. The number of likely N-dealkylation sites (N-methyl/N-ethyl adjacent to an activating group) is 1. The van der Waals surface area contributed by atoms with Crippen LogP contribution in [-0.4, -0.2) is 44.0 Å². The average molecular weight is 222 g/mol. The van der Waals surface area contributed by atoms with Gasteiger partial charge in [-0.1, -0.05) is 0 Å². The van der Waals surface area contributed by atoms with Crippen LogP contribution in [-0.2, 0) is 15.9 Å². The van der Waals surface area contributed by atoms with Crippen molar-refractivity contribution in [1.82, 2.24) is 10.3 Å². The maximum Gasteiger partial charge on any atom is 0.0965 e. The fourth-order valence-electron chi connectivity index (χ4n) is 1.93. The van der Waals surface area contributed by atoms with E-state index in [1.54, 1.807) is 0 Å². The third-order valence-corrected chi connectivity index (χ3v) is 2.87. The molecule has 0 amide bonds. The van der Waals surface area contributed by atoms with Gasteiger partial charge in [-0.2, -0.15) is 0 Å². The van der Waals surface area contributed by atoms with Gasteiger partial charge in [-0.15, -0.1) is 0 Å². The van der Waals surface area contributed by atoms with E-state index in [9.17, 15) is 0 Å². The minimum atomic E-state index is 0.145. The molecule has 2 heterocycles. The lowest BCUT2D eigenvalue weighted by molar-refractivity contribution is -0.100. The van der Waals surface area contributed by atoms with E-state index in [4.69, 9.17) is 9.47 Å². The summed E-state index contributed by atoms with van der Waals surface area (Å²) in [7, 11) is 1.96. The van der Waals surface area contributed by atoms with Crippen molar-refractivity contribution in [1.29, 1.82) is 0 Å². The highest BCUT2D eigenvalue weighted by atomic mass is 16.6. The summed E-state index contributed by atoms with van der Waals surface area (Å²) >= 11 is 0. The molecule has 0 aromatic carbocycles. The Bertz CT molecular complexity index is 299. The van der Waals surface area contributed by atoms with Crippen molar-refractivity contribution < 1.29 is 9.47 Å². The Labute approximate surface area is 96.0 Å². The number of rotatable bonds is 4. The zero-order chi connectivity index (χ0) is 11.2. The second-order valence-corrected chi connectivity index (χ2v) is 3.94. The van der Waals surface area contributed by atoms with Gasteiger partial charge < -0.3 is 14.8 Å². The van der Waals surface area contributed by atoms with Crippen molar-refractivity contribution in [2.75, 3.05) is 26.9 Å². The van der Waals surface area contributed by atoms with Crippen molar-refractivity contribution in [3.8, 4) is 0 Å². The number of hydrogen-bond donors (Lipinski definition) is 1. The number of nitrogens with zero attached hydrogens (tertiary/aromatic N) is 1. The molecule has 0 radical (unpaired) electrons. The first-order chi connectivity index (χ1) is 7.90. The molecule has 4 nitrogen and oxygen atoms in total. The minimum Gasteiger partial charge on any atom is -0.376 e. The van der Waals surface area contributed by atoms with Gasteiger partial charge in [0.05, 0.1) is 25.9 Å². The summed E-state index contributed by atoms with van der Waals surface area (Å²) in [5, 5.41) is 3.29. The summed E-state index contributed by atoms with van der Waals surface area (Å²) in [6.07, 6.45) is 4.72. The molecule has 4 heteroatoms. The molecular formula is C12H18N2O2. The number of ether oxygens (including phenoxy) is 2. The third-order valence-electron chi connectivity index (χ3n) is 2.87. The lowest BCUT2D eigenvalue weighted by Crippen LogP contribution is -2.46. The molecule has 1 aromatic rings. The van der Waals surface area contributed by atoms with Gasteiger partial charge in [-0.05, 0) is 31.2 Å². The lowest BCUT2D eigenvalue weighted by Gasteiger charge is -2.30.